The van der Waals surface area contributed by atoms with Crippen LogP contribution in [0.25, 0.3) is 0 Å². The van der Waals surface area contributed by atoms with E-state index in [9.17, 15) is 8.42 Å². The highest BCUT2D eigenvalue weighted by Crippen LogP contribution is 2.29. The number of para-hydroxylation sites is 2. The molecular weight excluding hydrogens is 376 g/mol. The molecule has 1 heterocycles. The minimum atomic E-state index is -1.37. The fourth-order valence-electron chi connectivity index (χ4n) is 3.17. The summed E-state index contributed by atoms with van der Waals surface area (Å²) in [6.45, 7) is 7.94. The molecule has 6 heteroatoms. The van der Waals surface area contributed by atoms with Crippen LogP contribution in [0.3, 0.4) is 0 Å². The van der Waals surface area contributed by atoms with Gasteiger partial charge in [-0.25, -0.2) is 4.21 Å². The fraction of sp³-hybridized carbons (Fsp3) is 0.429. The van der Waals surface area contributed by atoms with Crippen LogP contribution in [0.4, 0.5) is 11.4 Å². The van der Waals surface area contributed by atoms with Crippen LogP contribution in [0.2, 0.25) is 0 Å². The van der Waals surface area contributed by atoms with E-state index in [1.54, 1.807) is 12.1 Å². The quantitative estimate of drug-likeness (QED) is 0.785. The molecule has 2 unspecified atom stereocenters. The van der Waals surface area contributed by atoms with Crippen molar-refractivity contribution in [3.63, 3.8) is 0 Å². The first-order valence-electron chi connectivity index (χ1n) is 9.40. The second-order valence-corrected chi connectivity index (χ2v) is 11.2. The van der Waals surface area contributed by atoms with Crippen molar-refractivity contribution < 1.29 is 8.42 Å². The Bertz CT molecular complexity index is 823. The Morgan fingerprint density at radius 3 is 2.07 bits per heavy atom. The van der Waals surface area contributed by atoms with Crippen LogP contribution in [-0.4, -0.2) is 26.3 Å². The molecule has 0 amide bonds. The number of hydrogen-bond acceptors (Lipinski definition) is 3. The van der Waals surface area contributed by atoms with Crippen molar-refractivity contribution in [2.24, 2.45) is 0 Å². The molecule has 1 N–H and O–H groups in total. The number of benzene rings is 2. The van der Waals surface area contributed by atoms with Crippen molar-refractivity contribution in [2.75, 3.05) is 22.7 Å². The van der Waals surface area contributed by atoms with Crippen LogP contribution in [0.15, 0.2) is 58.3 Å². The summed E-state index contributed by atoms with van der Waals surface area (Å²) >= 11 is 0. The zero-order chi connectivity index (χ0) is 19.4. The Labute approximate surface area is 167 Å². The molecule has 0 radical (unpaired) electrons. The van der Waals surface area contributed by atoms with Gasteiger partial charge < -0.3 is 4.90 Å². The Morgan fingerprint density at radius 1 is 0.852 bits per heavy atom. The van der Waals surface area contributed by atoms with Gasteiger partial charge in [-0.2, -0.15) is 0 Å². The van der Waals surface area contributed by atoms with E-state index in [4.69, 9.17) is 0 Å². The summed E-state index contributed by atoms with van der Waals surface area (Å²) in [5, 5.41) is 0. The zero-order valence-electron chi connectivity index (χ0n) is 16.2. The highest BCUT2D eigenvalue weighted by atomic mass is 32.2. The smallest absolute Gasteiger partial charge is 0.150 e. The van der Waals surface area contributed by atoms with E-state index in [0.29, 0.717) is 4.90 Å². The van der Waals surface area contributed by atoms with Gasteiger partial charge in [-0.1, -0.05) is 12.1 Å². The van der Waals surface area contributed by atoms with E-state index in [2.05, 4.69) is 15.7 Å². The summed E-state index contributed by atoms with van der Waals surface area (Å²) in [6.07, 6.45) is 3.67. The molecule has 1 aliphatic rings. The SMILES string of the molecule is CC(C)(C)S(=O)c1ccc(S(=O)Nc2ccccc2N2CCCCC2)cc1. The maximum Gasteiger partial charge on any atom is 0.150 e. The summed E-state index contributed by atoms with van der Waals surface area (Å²) in [6, 6.07) is 15.3. The average Bonchev–Trinajstić information content (AvgIpc) is 2.68. The molecule has 0 aromatic heterocycles. The lowest BCUT2D eigenvalue weighted by Crippen LogP contribution is -2.30. The van der Waals surface area contributed by atoms with E-state index in [0.717, 1.165) is 29.4 Å². The third-order valence-corrected chi connectivity index (χ3v) is 7.53. The van der Waals surface area contributed by atoms with Crippen molar-refractivity contribution in [2.45, 2.75) is 54.6 Å². The molecule has 146 valence electrons. The third kappa shape index (κ3) is 4.99. The van der Waals surface area contributed by atoms with Crippen molar-refractivity contribution in [1.82, 2.24) is 0 Å². The molecular formula is C21H28N2O2S2. The first-order valence-corrected chi connectivity index (χ1v) is 11.7. The molecule has 3 rings (SSSR count). The van der Waals surface area contributed by atoms with Crippen molar-refractivity contribution in [3.8, 4) is 0 Å². The Kier molecular flexibility index (Phi) is 6.37. The van der Waals surface area contributed by atoms with Crippen LogP contribution in [0.5, 0.6) is 0 Å². The van der Waals surface area contributed by atoms with E-state index in [-0.39, 0.29) is 4.75 Å². The summed E-state index contributed by atoms with van der Waals surface area (Å²) in [5.41, 5.74) is 2.00. The van der Waals surface area contributed by atoms with Crippen molar-refractivity contribution >= 4 is 33.2 Å². The molecule has 0 bridgehead atoms. The van der Waals surface area contributed by atoms with Crippen LogP contribution < -0.4 is 9.62 Å². The summed E-state index contributed by atoms with van der Waals surface area (Å²) in [5.74, 6) is 0. The largest absolute Gasteiger partial charge is 0.370 e. The predicted molar refractivity (Wildman–Crippen MR) is 115 cm³/mol. The second-order valence-electron chi connectivity index (χ2n) is 7.79. The summed E-state index contributed by atoms with van der Waals surface area (Å²) < 4.78 is 28.1. The lowest BCUT2D eigenvalue weighted by Gasteiger charge is -2.30. The highest BCUT2D eigenvalue weighted by Gasteiger charge is 2.21. The summed E-state index contributed by atoms with van der Waals surface area (Å²) in [4.78, 5) is 3.80. The average molecular weight is 405 g/mol. The topological polar surface area (TPSA) is 49.4 Å². The van der Waals surface area contributed by atoms with E-state index < -0.39 is 21.8 Å². The standard InChI is InChI=1S/C21H28N2O2S2/c1-21(2,3)26(24)17-11-13-18(14-12-17)27(25)22-19-9-5-6-10-20(19)23-15-7-4-8-16-23/h5-6,9-14,22H,4,7-8,15-16H2,1-3H3. The number of nitrogens with zero attached hydrogens (tertiary/aromatic N) is 1. The Balaban J connectivity index is 1.75. The number of piperidine rings is 1. The van der Waals surface area contributed by atoms with Crippen molar-refractivity contribution in [3.05, 3.63) is 48.5 Å². The van der Waals surface area contributed by atoms with Crippen molar-refractivity contribution in [1.29, 1.82) is 0 Å². The summed E-state index contributed by atoms with van der Waals surface area (Å²) in [7, 11) is -2.46. The predicted octanol–water partition coefficient (Wildman–Crippen LogP) is 4.72. The van der Waals surface area contributed by atoms with Gasteiger partial charge >= 0.3 is 0 Å². The number of nitrogens with one attached hydrogen (secondary N) is 1. The van der Waals surface area contributed by atoms with Gasteiger partial charge in [-0.05, 0) is 76.4 Å². The molecule has 1 aliphatic heterocycles. The normalized spacial score (nSPS) is 17.4. The second kappa shape index (κ2) is 8.57. The maximum absolute atomic E-state index is 12.8. The first kappa shape index (κ1) is 20.1. The zero-order valence-corrected chi connectivity index (χ0v) is 17.9. The van der Waals surface area contributed by atoms with Gasteiger partial charge in [0.05, 0.1) is 27.1 Å². The van der Waals surface area contributed by atoms with E-state index in [1.807, 2.05) is 51.1 Å². The van der Waals surface area contributed by atoms with Crippen LogP contribution in [0, 0.1) is 0 Å². The molecule has 1 fully saturated rings. The van der Waals surface area contributed by atoms with E-state index >= 15 is 0 Å². The molecule has 0 saturated carbocycles. The number of rotatable bonds is 5. The first-order chi connectivity index (χ1) is 12.9. The van der Waals surface area contributed by atoms with E-state index in [1.165, 1.54) is 19.3 Å². The number of hydrogen-bond donors (Lipinski definition) is 1. The molecule has 4 nitrogen and oxygen atoms in total. The van der Waals surface area contributed by atoms with Crippen LogP contribution >= 0.6 is 0 Å². The number of anilines is 2. The fourth-order valence-corrected chi connectivity index (χ4v) is 5.13. The molecule has 0 spiro atoms. The third-order valence-electron chi connectivity index (χ3n) is 4.61. The van der Waals surface area contributed by atoms with Crippen LogP contribution in [0.1, 0.15) is 40.0 Å². The van der Waals surface area contributed by atoms with Gasteiger partial charge in [0, 0.05) is 22.7 Å². The molecule has 2 atom stereocenters. The molecule has 1 saturated heterocycles. The van der Waals surface area contributed by atoms with Gasteiger partial charge in [0.15, 0.2) is 0 Å². The van der Waals surface area contributed by atoms with Gasteiger partial charge in [-0.15, -0.1) is 0 Å². The minimum Gasteiger partial charge on any atom is -0.370 e. The van der Waals surface area contributed by atoms with Gasteiger partial charge in [0.25, 0.3) is 0 Å². The molecule has 27 heavy (non-hydrogen) atoms. The molecule has 2 aromatic carbocycles. The van der Waals surface area contributed by atoms with Gasteiger partial charge in [0.1, 0.15) is 11.0 Å². The lowest BCUT2D eigenvalue weighted by molar-refractivity contribution is 0.578. The monoisotopic (exact) mass is 404 g/mol. The lowest BCUT2D eigenvalue weighted by atomic mass is 10.1. The Morgan fingerprint density at radius 2 is 1.44 bits per heavy atom. The maximum atomic E-state index is 12.8. The molecule has 0 aliphatic carbocycles. The van der Waals surface area contributed by atoms with Gasteiger partial charge in [-0.3, -0.25) is 8.93 Å². The molecule has 2 aromatic rings. The highest BCUT2D eigenvalue weighted by molar-refractivity contribution is 7.86. The van der Waals surface area contributed by atoms with Crippen LogP contribution in [-0.2, 0) is 21.8 Å². The Hall–Kier alpha value is -1.66. The van der Waals surface area contributed by atoms with Gasteiger partial charge in [0.2, 0.25) is 0 Å². The minimum absolute atomic E-state index is 0.313.